The minimum Gasteiger partial charge on any atom is -0.370 e. The molecule has 4 nitrogen and oxygen atoms in total. The van der Waals surface area contributed by atoms with E-state index in [1.54, 1.807) is 0 Å². The maximum Gasteiger partial charge on any atom is 0.191 e. The minimum atomic E-state index is 0.519. The number of guanidine groups is 1. The van der Waals surface area contributed by atoms with Gasteiger partial charge in [0, 0.05) is 13.1 Å². The third-order valence-corrected chi connectivity index (χ3v) is 3.49. The van der Waals surface area contributed by atoms with Gasteiger partial charge in [0.2, 0.25) is 0 Å². The molecule has 0 aromatic carbocycles. The number of nitrogens with zero attached hydrogens (tertiary/aromatic N) is 3. The van der Waals surface area contributed by atoms with Gasteiger partial charge in [-0.05, 0) is 25.4 Å². The van der Waals surface area contributed by atoms with Gasteiger partial charge in [-0.1, -0.05) is 27.7 Å². The fraction of sp³-hybridized carbons (Fsp3) is 0.923. The lowest BCUT2D eigenvalue weighted by Gasteiger charge is -2.30. The molecule has 1 atom stereocenters. The van der Waals surface area contributed by atoms with E-state index >= 15 is 0 Å². The second-order valence-electron chi connectivity index (χ2n) is 5.20. The second kappa shape index (κ2) is 6.84. The van der Waals surface area contributed by atoms with Crippen molar-refractivity contribution in [1.82, 2.24) is 9.80 Å². The molecule has 1 heterocycles. The highest BCUT2D eigenvalue weighted by Crippen LogP contribution is 2.16. The molecule has 17 heavy (non-hydrogen) atoms. The summed E-state index contributed by atoms with van der Waals surface area (Å²) in [5.74, 6) is 1.44. The summed E-state index contributed by atoms with van der Waals surface area (Å²) in [4.78, 5) is 9.10. The van der Waals surface area contributed by atoms with Crippen LogP contribution in [0.1, 0.15) is 34.1 Å². The lowest BCUT2D eigenvalue weighted by molar-refractivity contribution is 0.234. The van der Waals surface area contributed by atoms with E-state index in [1.165, 1.54) is 6.42 Å². The van der Waals surface area contributed by atoms with Crippen LogP contribution in [-0.4, -0.2) is 54.5 Å². The van der Waals surface area contributed by atoms with Crippen LogP contribution in [0.3, 0.4) is 0 Å². The maximum atomic E-state index is 5.97. The van der Waals surface area contributed by atoms with Crippen molar-refractivity contribution < 1.29 is 0 Å². The van der Waals surface area contributed by atoms with Crippen molar-refractivity contribution in [3.8, 4) is 0 Å². The van der Waals surface area contributed by atoms with Gasteiger partial charge in [-0.2, -0.15) is 0 Å². The molecule has 1 rings (SSSR count). The zero-order valence-electron chi connectivity index (χ0n) is 11.8. The Morgan fingerprint density at radius 1 is 1.41 bits per heavy atom. The molecule has 100 valence electrons. The zero-order valence-corrected chi connectivity index (χ0v) is 11.8. The summed E-state index contributed by atoms with van der Waals surface area (Å²) < 4.78 is 0. The predicted octanol–water partition coefficient (Wildman–Crippen LogP) is 1.37. The Bertz CT molecular complexity index is 246. The van der Waals surface area contributed by atoms with Gasteiger partial charge in [-0.25, -0.2) is 0 Å². The number of hydrogen-bond acceptors (Lipinski definition) is 4. The highest BCUT2D eigenvalue weighted by atomic mass is 15.3. The first kappa shape index (κ1) is 14.3. The fourth-order valence-corrected chi connectivity index (χ4v) is 2.41. The van der Waals surface area contributed by atoms with Gasteiger partial charge in [0.25, 0.3) is 0 Å². The summed E-state index contributed by atoms with van der Waals surface area (Å²) in [6.45, 7) is 14.1. The number of nitrogens with two attached hydrogens (primary N) is 1. The molecular weight excluding hydrogens is 212 g/mol. The number of hydrogen-bond donors (Lipinski definition) is 1. The average molecular weight is 240 g/mol. The van der Waals surface area contributed by atoms with E-state index < -0.39 is 0 Å². The molecule has 0 radical (unpaired) electrons. The Balaban J connectivity index is 2.45. The van der Waals surface area contributed by atoms with Gasteiger partial charge >= 0.3 is 0 Å². The second-order valence-corrected chi connectivity index (χ2v) is 5.20. The molecule has 0 amide bonds. The number of rotatable bonds is 7. The van der Waals surface area contributed by atoms with Crippen LogP contribution in [0.2, 0.25) is 0 Å². The first-order valence-electron chi connectivity index (χ1n) is 6.87. The fourth-order valence-electron chi connectivity index (χ4n) is 2.41. The zero-order chi connectivity index (χ0) is 12.8. The van der Waals surface area contributed by atoms with E-state index in [1.807, 2.05) is 0 Å². The highest BCUT2D eigenvalue weighted by molar-refractivity contribution is 5.80. The molecular formula is C13H28N4. The smallest absolute Gasteiger partial charge is 0.191 e. The van der Waals surface area contributed by atoms with Crippen molar-refractivity contribution in [2.45, 2.75) is 40.2 Å². The topological polar surface area (TPSA) is 44.9 Å². The molecule has 2 N–H and O–H groups in total. The third kappa shape index (κ3) is 4.19. The summed E-state index contributed by atoms with van der Waals surface area (Å²) in [6.07, 6.45) is 1.18. The monoisotopic (exact) mass is 240 g/mol. The molecule has 1 aliphatic rings. The van der Waals surface area contributed by atoms with Crippen molar-refractivity contribution in [2.75, 3.05) is 32.7 Å². The van der Waals surface area contributed by atoms with Gasteiger partial charge in [-0.3, -0.25) is 4.99 Å². The van der Waals surface area contributed by atoms with Gasteiger partial charge in [0.05, 0.1) is 12.6 Å². The maximum absolute atomic E-state index is 5.97. The highest BCUT2D eigenvalue weighted by Gasteiger charge is 2.26. The van der Waals surface area contributed by atoms with Crippen LogP contribution in [0.4, 0.5) is 0 Å². The molecule has 0 aromatic heterocycles. The van der Waals surface area contributed by atoms with E-state index in [0.717, 1.165) is 38.7 Å². The Morgan fingerprint density at radius 3 is 2.59 bits per heavy atom. The molecule has 0 saturated carbocycles. The Kier molecular flexibility index (Phi) is 5.75. The Morgan fingerprint density at radius 2 is 2.06 bits per heavy atom. The normalized spacial score (nSPS) is 20.5. The molecule has 0 aliphatic carbocycles. The summed E-state index contributed by atoms with van der Waals surface area (Å²) in [7, 11) is 0. The molecule has 0 saturated heterocycles. The predicted molar refractivity (Wildman–Crippen MR) is 74.2 cm³/mol. The van der Waals surface area contributed by atoms with Crippen LogP contribution in [0, 0.1) is 5.92 Å². The third-order valence-electron chi connectivity index (χ3n) is 3.49. The minimum absolute atomic E-state index is 0.519. The van der Waals surface area contributed by atoms with Crippen molar-refractivity contribution in [3.63, 3.8) is 0 Å². The van der Waals surface area contributed by atoms with E-state index in [-0.39, 0.29) is 0 Å². The van der Waals surface area contributed by atoms with Crippen LogP contribution in [0.15, 0.2) is 4.99 Å². The van der Waals surface area contributed by atoms with Gasteiger partial charge in [0.15, 0.2) is 5.96 Å². The van der Waals surface area contributed by atoms with Crippen LogP contribution in [0.5, 0.6) is 0 Å². The van der Waals surface area contributed by atoms with E-state index in [4.69, 9.17) is 5.73 Å². The van der Waals surface area contributed by atoms with E-state index in [2.05, 4.69) is 42.5 Å². The quantitative estimate of drug-likeness (QED) is 0.731. The number of likely N-dealkylation sites (N-methyl/N-ethyl adjacent to an activating group) is 1. The molecule has 1 unspecified atom stereocenters. The van der Waals surface area contributed by atoms with E-state index in [0.29, 0.717) is 12.0 Å². The first-order chi connectivity index (χ1) is 8.08. The van der Waals surface area contributed by atoms with Crippen LogP contribution in [0.25, 0.3) is 0 Å². The number of aliphatic imine (C=N–C) groups is 1. The molecule has 0 aromatic rings. The van der Waals surface area contributed by atoms with Crippen molar-refractivity contribution in [1.29, 1.82) is 0 Å². The summed E-state index contributed by atoms with van der Waals surface area (Å²) in [5.41, 5.74) is 5.97. The summed E-state index contributed by atoms with van der Waals surface area (Å²) >= 11 is 0. The molecule has 0 spiro atoms. The van der Waals surface area contributed by atoms with Crippen molar-refractivity contribution >= 4 is 5.96 Å². The summed E-state index contributed by atoms with van der Waals surface area (Å²) in [6, 6.07) is 0.519. The van der Waals surface area contributed by atoms with Gasteiger partial charge < -0.3 is 15.5 Å². The van der Waals surface area contributed by atoms with Crippen molar-refractivity contribution in [3.05, 3.63) is 0 Å². The first-order valence-corrected chi connectivity index (χ1v) is 6.87. The largest absolute Gasteiger partial charge is 0.370 e. The molecule has 0 bridgehead atoms. The Labute approximate surface area is 106 Å². The van der Waals surface area contributed by atoms with Crippen LogP contribution in [-0.2, 0) is 0 Å². The molecule has 4 heteroatoms. The van der Waals surface area contributed by atoms with Crippen LogP contribution >= 0.6 is 0 Å². The molecule has 0 fully saturated rings. The summed E-state index contributed by atoms with van der Waals surface area (Å²) in [5, 5.41) is 0. The SMILES string of the molecule is CCN(CC)CCN1C(N)=NCC1CC(C)C. The lowest BCUT2D eigenvalue weighted by Crippen LogP contribution is -2.45. The van der Waals surface area contributed by atoms with Crippen molar-refractivity contribution in [2.24, 2.45) is 16.6 Å². The van der Waals surface area contributed by atoms with Gasteiger partial charge in [0.1, 0.15) is 0 Å². The Hall–Kier alpha value is -0.770. The van der Waals surface area contributed by atoms with Crippen LogP contribution < -0.4 is 5.73 Å². The average Bonchev–Trinajstić information content (AvgIpc) is 2.61. The standard InChI is InChI=1S/C13H28N4/c1-5-16(6-2)7-8-17-12(9-11(3)4)10-15-13(17)14/h11-12H,5-10H2,1-4H3,(H2,14,15). The van der Waals surface area contributed by atoms with Gasteiger partial charge in [-0.15, -0.1) is 0 Å². The lowest BCUT2D eigenvalue weighted by atomic mass is 10.0. The van der Waals surface area contributed by atoms with E-state index in [9.17, 15) is 0 Å². The molecule has 1 aliphatic heterocycles.